The molecule has 2 aromatic heterocycles. The molecule has 0 amide bonds. The van der Waals surface area contributed by atoms with Gasteiger partial charge in [-0.3, -0.25) is 4.90 Å². The summed E-state index contributed by atoms with van der Waals surface area (Å²) in [5, 5.41) is 4.35. The van der Waals surface area contributed by atoms with Crippen LogP contribution in [0.5, 0.6) is 11.5 Å². The summed E-state index contributed by atoms with van der Waals surface area (Å²) in [6, 6.07) is 8.34. The van der Waals surface area contributed by atoms with Crippen molar-refractivity contribution >= 4 is 11.6 Å². The first-order valence-corrected chi connectivity index (χ1v) is 9.35. The fourth-order valence-corrected chi connectivity index (χ4v) is 3.68. The number of ether oxygens (including phenoxy) is 2. The van der Waals surface area contributed by atoms with Crippen LogP contribution < -0.4 is 14.4 Å². The highest BCUT2D eigenvalue weighted by Crippen LogP contribution is 2.33. The minimum Gasteiger partial charge on any atom is -0.454 e. The van der Waals surface area contributed by atoms with Gasteiger partial charge in [0.2, 0.25) is 6.79 Å². The summed E-state index contributed by atoms with van der Waals surface area (Å²) >= 11 is 0. The summed E-state index contributed by atoms with van der Waals surface area (Å²) in [4.78, 5) is 13.6. The molecule has 0 spiro atoms. The van der Waals surface area contributed by atoms with Gasteiger partial charge >= 0.3 is 0 Å². The third kappa shape index (κ3) is 3.06. The van der Waals surface area contributed by atoms with Gasteiger partial charge in [-0.05, 0) is 24.1 Å². The topological polar surface area (TPSA) is 68.0 Å². The molecule has 1 aromatic carbocycles. The molecule has 1 saturated heterocycles. The summed E-state index contributed by atoms with van der Waals surface area (Å²) in [5.74, 6) is 3.44. The lowest BCUT2D eigenvalue weighted by Crippen LogP contribution is -2.46. The number of benzene rings is 1. The van der Waals surface area contributed by atoms with E-state index in [1.807, 2.05) is 10.6 Å². The van der Waals surface area contributed by atoms with Gasteiger partial charge in [-0.25, -0.2) is 4.98 Å². The van der Waals surface area contributed by atoms with Crippen LogP contribution in [0.25, 0.3) is 5.78 Å². The lowest BCUT2D eigenvalue weighted by atomic mass is 10.1. The average Bonchev–Trinajstić information content (AvgIpc) is 3.36. The number of hydrogen-bond donors (Lipinski definition) is 0. The molecule has 0 saturated carbocycles. The van der Waals surface area contributed by atoms with Gasteiger partial charge in [-0.2, -0.15) is 14.6 Å². The molecule has 140 valence electrons. The summed E-state index contributed by atoms with van der Waals surface area (Å²) in [7, 11) is 0. The molecule has 2 aliphatic rings. The molecule has 0 atom stereocenters. The van der Waals surface area contributed by atoms with Crippen LogP contribution in [0.3, 0.4) is 0 Å². The Hall–Kier alpha value is -2.87. The van der Waals surface area contributed by atoms with E-state index in [4.69, 9.17) is 9.47 Å². The van der Waals surface area contributed by atoms with E-state index in [1.165, 1.54) is 5.56 Å². The van der Waals surface area contributed by atoms with Crippen molar-refractivity contribution in [1.82, 2.24) is 24.5 Å². The Morgan fingerprint density at radius 3 is 2.74 bits per heavy atom. The van der Waals surface area contributed by atoms with Crippen LogP contribution in [0.15, 0.2) is 30.6 Å². The zero-order valence-corrected chi connectivity index (χ0v) is 15.3. The van der Waals surface area contributed by atoms with Crippen LogP contribution in [-0.2, 0) is 13.0 Å². The predicted octanol–water partition coefficient (Wildman–Crippen LogP) is 1.74. The number of anilines is 1. The van der Waals surface area contributed by atoms with Crippen LogP contribution in [0, 0.1) is 0 Å². The summed E-state index contributed by atoms with van der Waals surface area (Å²) in [6.45, 7) is 7.24. The third-order valence-corrected chi connectivity index (χ3v) is 5.19. The first kappa shape index (κ1) is 16.3. The molecule has 2 aliphatic heterocycles. The fourth-order valence-electron chi connectivity index (χ4n) is 3.68. The Kier molecular flexibility index (Phi) is 4.05. The van der Waals surface area contributed by atoms with Crippen molar-refractivity contribution in [2.24, 2.45) is 0 Å². The number of rotatable bonds is 4. The van der Waals surface area contributed by atoms with Crippen molar-refractivity contribution < 1.29 is 9.47 Å². The highest BCUT2D eigenvalue weighted by molar-refractivity contribution is 5.48. The minimum absolute atomic E-state index is 0.319. The van der Waals surface area contributed by atoms with Gasteiger partial charge in [0, 0.05) is 44.5 Å². The van der Waals surface area contributed by atoms with Crippen molar-refractivity contribution in [3.63, 3.8) is 0 Å². The highest BCUT2D eigenvalue weighted by Gasteiger charge is 2.21. The molecule has 27 heavy (non-hydrogen) atoms. The summed E-state index contributed by atoms with van der Waals surface area (Å²) < 4.78 is 12.7. The molecule has 1 fully saturated rings. The van der Waals surface area contributed by atoms with E-state index in [0.29, 0.717) is 12.6 Å². The van der Waals surface area contributed by atoms with Crippen molar-refractivity contribution in [3.8, 4) is 11.5 Å². The zero-order chi connectivity index (χ0) is 18.2. The van der Waals surface area contributed by atoms with Crippen LogP contribution in [0.1, 0.15) is 18.2 Å². The Morgan fingerprint density at radius 1 is 1.04 bits per heavy atom. The van der Waals surface area contributed by atoms with Gasteiger partial charge in [0.25, 0.3) is 5.78 Å². The molecule has 0 N–H and O–H groups in total. The second kappa shape index (κ2) is 6.70. The van der Waals surface area contributed by atoms with Crippen LogP contribution in [0.2, 0.25) is 0 Å². The Bertz CT molecular complexity index is 964. The Balaban J connectivity index is 1.28. The number of aryl methyl sites for hydroxylation is 1. The van der Waals surface area contributed by atoms with E-state index in [2.05, 4.69) is 50.0 Å². The summed E-state index contributed by atoms with van der Waals surface area (Å²) in [5.41, 5.74) is 2.30. The smallest absolute Gasteiger partial charge is 0.254 e. The molecule has 8 nitrogen and oxygen atoms in total. The first-order chi connectivity index (χ1) is 13.3. The van der Waals surface area contributed by atoms with Gasteiger partial charge < -0.3 is 14.4 Å². The maximum Gasteiger partial charge on any atom is 0.254 e. The average molecular weight is 366 g/mol. The fraction of sp³-hybridized carbons (Fsp3) is 0.421. The molecule has 4 heterocycles. The molecular weight excluding hydrogens is 344 g/mol. The molecule has 8 heteroatoms. The zero-order valence-electron chi connectivity index (χ0n) is 15.3. The van der Waals surface area contributed by atoms with E-state index >= 15 is 0 Å². The maximum atomic E-state index is 5.49. The highest BCUT2D eigenvalue weighted by atomic mass is 16.7. The van der Waals surface area contributed by atoms with Gasteiger partial charge in [0.1, 0.15) is 12.1 Å². The van der Waals surface area contributed by atoms with Crippen molar-refractivity contribution in [2.75, 3.05) is 37.9 Å². The third-order valence-electron chi connectivity index (χ3n) is 5.19. The molecule has 0 aliphatic carbocycles. The molecule has 0 unspecified atom stereocenters. The molecule has 0 bridgehead atoms. The number of nitrogens with zero attached hydrogens (tertiary/aromatic N) is 6. The van der Waals surface area contributed by atoms with E-state index in [1.54, 1.807) is 6.33 Å². The maximum absolute atomic E-state index is 5.49. The minimum atomic E-state index is 0.319. The van der Waals surface area contributed by atoms with Crippen molar-refractivity contribution in [2.45, 2.75) is 19.9 Å². The lowest BCUT2D eigenvalue weighted by Gasteiger charge is -2.36. The normalized spacial score (nSPS) is 17.0. The largest absolute Gasteiger partial charge is 0.454 e. The molecule has 5 rings (SSSR count). The van der Waals surface area contributed by atoms with Crippen LogP contribution >= 0.6 is 0 Å². The number of aromatic nitrogens is 4. The van der Waals surface area contributed by atoms with Gasteiger partial charge in [0.05, 0.1) is 0 Å². The standard InChI is InChI=1S/C19H22N6O2/c1-2-15-10-18(25-19(22-15)20-12-21-25)24-7-5-23(6-8-24)11-14-3-4-16-17(9-14)27-13-26-16/h3-4,9-10,12H,2,5-8,11,13H2,1H3. The summed E-state index contributed by atoms with van der Waals surface area (Å²) in [6.07, 6.45) is 2.46. The Morgan fingerprint density at radius 2 is 1.89 bits per heavy atom. The molecule has 0 radical (unpaired) electrons. The predicted molar refractivity (Wildman–Crippen MR) is 100 cm³/mol. The van der Waals surface area contributed by atoms with Gasteiger partial charge in [-0.1, -0.05) is 13.0 Å². The monoisotopic (exact) mass is 366 g/mol. The van der Waals surface area contributed by atoms with E-state index in [0.717, 1.165) is 62.2 Å². The van der Waals surface area contributed by atoms with E-state index in [-0.39, 0.29) is 0 Å². The number of piperazine rings is 1. The second-order valence-electron chi connectivity index (χ2n) is 6.88. The second-order valence-corrected chi connectivity index (χ2v) is 6.88. The SMILES string of the molecule is CCc1cc(N2CCN(Cc3ccc4c(c3)OCO4)CC2)n2ncnc2n1. The first-order valence-electron chi connectivity index (χ1n) is 9.35. The molecular formula is C19H22N6O2. The Labute approximate surface area is 157 Å². The van der Waals surface area contributed by atoms with Gasteiger partial charge in [-0.15, -0.1) is 0 Å². The van der Waals surface area contributed by atoms with Crippen LogP contribution in [0.4, 0.5) is 5.82 Å². The number of fused-ring (bicyclic) bond motifs is 2. The van der Waals surface area contributed by atoms with Gasteiger partial charge in [0.15, 0.2) is 11.5 Å². The lowest BCUT2D eigenvalue weighted by molar-refractivity contribution is 0.174. The number of hydrogen-bond acceptors (Lipinski definition) is 7. The van der Waals surface area contributed by atoms with Crippen LogP contribution in [-0.4, -0.2) is 57.5 Å². The molecule has 3 aromatic rings. The van der Waals surface area contributed by atoms with E-state index < -0.39 is 0 Å². The van der Waals surface area contributed by atoms with E-state index in [9.17, 15) is 0 Å². The quantitative estimate of drug-likeness (QED) is 0.697. The van der Waals surface area contributed by atoms with Crippen molar-refractivity contribution in [3.05, 3.63) is 41.9 Å². The van der Waals surface area contributed by atoms with Crippen molar-refractivity contribution in [1.29, 1.82) is 0 Å².